The van der Waals surface area contributed by atoms with Crippen molar-refractivity contribution in [1.82, 2.24) is 15.1 Å². The molecule has 2 saturated heterocycles. The fourth-order valence-electron chi connectivity index (χ4n) is 3.56. The van der Waals surface area contributed by atoms with Crippen LogP contribution in [0.4, 0.5) is 4.79 Å². The smallest absolute Gasteiger partial charge is 0.324 e. The molecule has 0 saturated carbocycles. The normalized spacial score (nSPS) is 24.3. The summed E-state index contributed by atoms with van der Waals surface area (Å²) in [6, 6.07) is 10.8. The third-order valence-corrected chi connectivity index (χ3v) is 4.87. The van der Waals surface area contributed by atoms with Crippen LogP contribution >= 0.6 is 0 Å². The number of nitrogens with zero attached hydrogens (tertiary/aromatic N) is 2. The molecule has 2 heterocycles. The van der Waals surface area contributed by atoms with E-state index in [1.807, 2.05) is 6.07 Å². The maximum absolute atomic E-state index is 12.2. The lowest BCUT2D eigenvalue weighted by Gasteiger charge is -2.26. The van der Waals surface area contributed by atoms with Crippen molar-refractivity contribution in [3.05, 3.63) is 35.9 Å². The van der Waals surface area contributed by atoms with E-state index in [4.69, 9.17) is 0 Å². The minimum Gasteiger partial charge on any atom is -0.324 e. The second-order valence-electron chi connectivity index (χ2n) is 7.03. The molecule has 0 spiro atoms. The molecule has 3 amide bonds. The summed E-state index contributed by atoms with van der Waals surface area (Å²) in [5.74, 6) is -0.124. The van der Waals surface area contributed by atoms with Crippen LogP contribution in [0.25, 0.3) is 0 Å². The minimum absolute atomic E-state index is 0.124. The summed E-state index contributed by atoms with van der Waals surface area (Å²) in [4.78, 5) is 28.0. The van der Waals surface area contributed by atoms with E-state index in [0.29, 0.717) is 12.6 Å². The van der Waals surface area contributed by atoms with Crippen LogP contribution in [0.1, 0.15) is 32.3 Å². The van der Waals surface area contributed by atoms with Crippen LogP contribution in [0.5, 0.6) is 0 Å². The third-order valence-electron chi connectivity index (χ3n) is 4.87. The lowest BCUT2D eigenvalue weighted by atomic mass is 10.0. The van der Waals surface area contributed by atoms with Gasteiger partial charge in [0.05, 0.1) is 0 Å². The second kappa shape index (κ2) is 6.32. The summed E-state index contributed by atoms with van der Waals surface area (Å²) in [7, 11) is 0. The zero-order valence-corrected chi connectivity index (χ0v) is 13.9. The van der Waals surface area contributed by atoms with E-state index >= 15 is 0 Å². The summed E-state index contributed by atoms with van der Waals surface area (Å²) in [6.07, 6.45) is 3.40. The highest BCUT2D eigenvalue weighted by molar-refractivity contribution is 6.06. The van der Waals surface area contributed by atoms with Gasteiger partial charge in [0, 0.05) is 19.1 Å². The summed E-state index contributed by atoms with van der Waals surface area (Å²) in [5, 5.41) is 2.74. The molecule has 1 N–H and O–H groups in total. The van der Waals surface area contributed by atoms with Crippen LogP contribution in [0, 0.1) is 0 Å². The molecule has 124 valence electrons. The maximum Gasteiger partial charge on any atom is 0.325 e. The van der Waals surface area contributed by atoms with Crippen molar-refractivity contribution in [1.29, 1.82) is 0 Å². The van der Waals surface area contributed by atoms with Gasteiger partial charge in [0.15, 0.2) is 0 Å². The number of amides is 3. The van der Waals surface area contributed by atoms with Gasteiger partial charge in [-0.15, -0.1) is 0 Å². The summed E-state index contributed by atoms with van der Waals surface area (Å²) in [6.45, 7) is 5.78. The van der Waals surface area contributed by atoms with Gasteiger partial charge in [-0.1, -0.05) is 30.3 Å². The fourth-order valence-corrected chi connectivity index (χ4v) is 3.56. The van der Waals surface area contributed by atoms with E-state index in [0.717, 1.165) is 19.5 Å². The zero-order valence-electron chi connectivity index (χ0n) is 13.9. The Balaban J connectivity index is 1.57. The van der Waals surface area contributed by atoms with Crippen LogP contribution in [0.15, 0.2) is 30.3 Å². The van der Waals surface area contributed by atoms with Crippen LogP contribution < -0.4 is 5.32 Å². The highest BCUT2D eigenvalue weighted by Gasteiger charge is 2.44. The number of nitrogens with one attached hydrogen (secondary N) is 1. The number of rotatable bonds is 5. The van der Waals surface area contributed by atoms with Gasteiger partial charge in [-0.25, -0.2) is 4.79 Å². The number of hydrogen-bond donors (Lipinski definition) is 1. The number of hydrogen-bond acceptors (Lipinski definition) is 3. The molecule has 5 heteroatoms. The lowest BCUT2D eigenvalue weighted by Crippen LogP contribution is -2.43. The second-order valence-corrected chi connectivity index (χ2v) is 7.03. The number of imide groups is 1. The van der Waals surface area contributed by atoms with E-state index in [-0.39, 0.29) is 11.9 Å². The first-order valence-corrected chi connectivity index (χ1v) is 8.39. The molecular formula is C18H25N3O2. The van der Waals surface area contributed by atoms with Crippen LogP contribution in [-0.4, -0.2) is 53.0 Å². The van der Waals surface area contributed by atoms with Gasteiger partial charge in [0.25, 0.3) is 5.91 Å². The first-order valence-electron chi connectivity index (χ1n) is 8.39. The molecule has 2 aliphatic heterocycles. The van der Waals surface area contributed by atoms with E-state index < -0.39 is 5.54 Å². The highest BCUT2D eigenvalue weighted by Crippen LogP contribution is 2.22. The summed E-state index contributed by atoms with van der Waals surface area (Å²) < 4.78 is 0. The molecule has 0 aromatic heterocycles. The van der Waals surface area contributed by atoms with E-state index in [1.165, 1.54) is 23.3 Å². The molecule has 2 aliphatic rings. The molecule has 2 fully saturated rings. The molecule has 5 nitrogen and oxygen atoms in total. The third kappa shape index (κ3) is 3.39. The van der Waals surface area contributed by atoms with Gasteiger partial charge in [-0.2, -0.15) is 0 Å². The Bertz CT molecular complexity index is 585. The summed E-state index contributed by atoms with van der Waals surface area (Å²) >= 11 is 0. The topological polar surface area (TPSA) is 52.7 Å². The van der Waals surface area contributed by atoms with Crippen LogP contribution in [0.3, 0.4) is 0 Å². The molecular weight excluding hydrogens is 290 g/mol. The Hall–Kier alpha value is -1.88. The molecule has 0 unspecified atom stereocenters. The number of carbonyl (C=O) groups excluding carboxylic acids is 2. The van der Waals surface area contributed by atoms with Crippen molar-refractivity contribution < 1.29 is 9.59 Å². The van der Waals surface area contributed by atoms with Crippen molar-refractivity contribution in [2.45, 2.75) is 44.7 Å². The first kappa shape index (κ1) is 16.0. The molecule has 1 atom stereocenters. The Kier molecular flexibility index (Phi) is 4.39. The first-order chi connectivity index (χ1) is 11.0. The Morgan fingerprint density at radius 3 is 2.57 bits per heavy atom. The maximum atomic E-state index is 12.2. The SMILES string of the molecule is CC1(C)NC(=O)N(CCN2CCC[C@@H]2Cc2ccccc2)C1=O. The van der Waals surface area contributed by atoms with Gasteiger partial charge < -0.3 is 5.32 Å². The Labute approximate surface area is 137 Å². The number of urea groups is 1. The molecule has 0 aliphatic carbocycles. The Morgan fingerprint density at radius 1 is 1.17 bits per heavy atom. The molecule has 0 radical (unpaired) electrons. The number of carbonyl (C=O) groups is 2. The van der Waals surface area contributed by atoms with Crippen LogP contribution in [0.2, 0.25) is 0 Å². The monoisotopic (exact) mass is 315 g/mol. The highest BCUT2D eigenvalue weighted by atomic mass is 16.2. The molecule has 1 aromatic carbocycles. The number of benzene rings is 1. The lowest BCUT2D eigenvalue weighted by molar-refractivity contribution is -0.130. The van der Waals surface area contributed by atoms with Gasteiger partial charge in [0.1, 0.15) is 5.54 Å². The van der Waals surface area contributed by atoms with Gasteiger partial charge >= 0.3 is 6.03 Å². The molecule has 23 heavy (non-hydrogen) atoms. The van der Waals surface area contributed by atoms with Gasteiger partial charge in [0.2, 0.25) is 0 Å². The van der Waals surface area contributed by atoms with Crippen molar-refractivity contribution in [2.75, 3.05) is 19.6 Å². The minimum atomic E-state index is -0.772. The van der Waals surface area contributed by atoms with E-state index in [9.17, 15) is 9.59 Å². The van der Waals surface area contributed by atoms with Crippen LogP contribution in [-0.2, 0) is 11.2 Å². The molecule has 1 aromatic rings. The average Bonchev–Trinajstić information content (AvgIpc) is 3.02. The molecule has 0 bridgehead atoms. The number of likely N-dealkylation sites (tertiary alicyclic amines) is 1. The van der Waals surface area contributed by atoms with Crippen molar-refractivity contribution in [3.63, 3.8) is 0 Å². The van der Waals surface area contributed by atoms with E-state index in [2.05, 4.69) is 34.5 Å². The Morgan fingerprint density at radius 2 is 1.91 bits per heavy atom. The van der Waals surface area contributed by atoms with Crippen molar-refractivity contribution >= 4 is 11.9 Å². The average molecular weight is 315 g/mol. The van der Waals surface area contributed by atoms with Crippen molar-refractivity contribution in [2.24, 2.45) is 0 Å². The quantitative estimate of drug-likeness (QED) is 0.846. The zero-order chi connectivity index (χ0) is 16.4. The molecule has 3 rings (SSSR count). The van der Waals surface area contributed by atoms with Gasteiger partial charge in [-0.3, -0.25) is 14.6 Å². The van der Waals surface area contributed by atoms with Gasteiger partial charge in [-0.05, 0) is 45.2 Å². The predicted octanol–water partition coefficient (Wildman–Crippen LogP) is 2.02. The predicted molar refractivity (Wildman–Crippen MR) is 89.1 cm³/mol. The van der Waals surface area contributed by atoms with Crippen molar-refractivity contribution in [3.8, 4) is 0 Å². The fraction of sp³-hybridized carbons (Fsp3) is 0.556. The standard InChI is InChI=1S/C18H25N3O2/c1-18(2)16(22)21(17(23)19-18)12-11-20-10-6-9-15(20)13-14-7-4-3-5-8-14/h3-5,7-8,15H,6,9-13H2,1-2H3,(H,19,23)/t15-/m1/s1. The largest absolute Gasteiger partial charge is 0.325 e. The summed E-state index contributed by atoms with van der Waals surface area (Å²) in [5.41, 5.74) is 0.575. The van der Waals surface area contributed by atoms with E-state index in [1.54, 1.807) is 13.8 Å².